The summed E-state index contributed by atoms with van der Waals surface area (Å²) >= 11 is 0. The van der Waals surface area contributed by atoms with E-state index in [4.69, 9.17) is 4.74 Å². The molecule has 0 aromatic heterocycles. The van der Waals surface area contributed by atoms with Gasteiger partial charge in [0.15, 0.2) is 0 Å². The molecule has 1 aromatic rings. The van der Waals surface area contributed by atoms with Gasteiger partial charge in [-0.1, -0.05) is 48.6 Å². The van der Waals surface area contributed by atoms with E-state index >= 15 is 0 Å². The summed E-state index contributed by atoms with van der Waals surface area (Å²) in [7, 11) is 1.56. The smallest absolute Gasteiger partial charge is 0.372 e. The first kappa shape index (κ1) is 19.4. The molecule has 27 heavy (non-hydrogen) atoms. The van der Waals surface area contributed by atoms with E-state index in [1.165, 1.54) is 11.1 Å². The predicted octanol–water partition coefficient (Wildman–Crippen LogP) is 3.48. The highest BCUT2D eigenvalue weighted by molar-refractivity contribution is 5.86. The molecule has 3 rings (SSSR count). The Labute approximate surface area is 156 Å². The number of rotatable bonds is 6. The second-order valence-electron chi connectivity index (χ2n) is 6.60. The molecule has 1 amide bonds. The minimum atomic E-state index is -4.39. The number of methoxy groups -OCH3 is 1. The molecular weight excluding hydrogens is 357 g/mol. The van der Waals surface area contributed by atoms with E-state index in [1.807, 2.05) is 24.3 Å². The van der Waals surface area contributed by atoms with Crippen LogP contribution in [-0.2, 0) is 22.3 Å². The molecule has 3 atom stereocenters. The number of hydrazine groups is 1. The molecule has 1 aromatic carbocycles. The Morgan fingerprint density at radius 1 is 1.41 bits per heavy atom. The molecule has 0 radical (unpaired) electrons. The number of hydrogen-bond donors (Lipinski definition) is 1. The summed E-state index contributed by atoms with van der Waals surface area (Å²) in [6.45, 7) is 4.34. The van der Waals surface area contributed by atoms with Gasteiger partial charge < -0.3 is 4.74 Å². The van der Waals surface area contributed by atoms with Crippen LogP contribution < -0.4 is 5.43 Å². The van der Waals surface area contributed by atoms with E-state index < -0.39 is 17.3 Å². The Hall–Kier alpha value is -2.38. The molecule has 144 valence electrons. The number of amides is 1. The van der Waals surface area contributed by atoms with Crippen molar-refractivity contribution in [2.45, 2.75) is 18.3 Å². The predicted molar refractivity (Wildman–Crippen MR) is 95.2 cm³/mol. The lowest BCUT2D eigenvalue weighted by Crippen LogP contribution is -2.67. The van der Waals surface area contributed by atoms with E-state index in [0.717, 1.165) is 12.1 Å². The summed E-state index contributed by atoms with van der Waals surface area (Å²) in [6, 6.07) is 5.04. The molecule has 0 saturated carbocycles. The van der Waals surface area contributed by atoms with Crippen LogP contribution in [0.5, 0.6) is 0 Å². The third-order valence-corrected chi connectivity index (χ3v) is 5.12. The first-order chi connectivity index (χ1) is 12.8. The van der Waals surface area contributed by atoms with Gasteiger partial charge in [-0.3, -0.25) is 9.80 Å². The Kier molecular flexibility index (Phi) is 5.26. The van der Waals surface area contributed by atoms with Crippen LogP contribution in [0.3, 0.4) is 0 Å². The van der Waals surface area contributed by atoms with Crippen molar-refractivity contribution in [3.63, 3.8) is 0 Å². The molecule has 1 aliphatic heterocycles. The molecule has 1 aliphatic carbocycles. The monoisotopic (exact) mass is 378 g/mol. The maximum atomic E-state index is 12.8. The number of β-lactam (4-membered cyclic amide) rings is 1. The van der Waals surface area contributed by atoms with E-state index in [0.29, 0.717) is 12.1 Å². The van der Waals surface area contributed by atoms with Crippen molar-refractivity contribution in [2.75, 3.05) is 13.7 Å². The van der Waals surface area contributed by atoms with Gasteiger partial charge in [-0.15, -0.1) is 6.58 Å². The number of carbonyl (C=O) groups excluding carboxylic acids is 1. The van der Waals surface area contributed by atoms with E-state index in [9.17, 15) is 18.0 Å². The van der Waals surface area contributed by atoms with Crippen LogP contribution in [-0.4, -0.2) is 30.2 Å². The van der Waals surface area contributed by atoms with E-state index in [2.05, 4.69) is 12.0 Å². The lowest BCUT2D eigenvalue weighted by atomic mass is 9.71. The third-order valence-electron chi connectivity index (χ3n) is 5.12. The van der Waals surface area contributed by atoms with Gasteiger partial charge in [-0.05, 0) is 11.6 Å². The quantitative estimate of drug-likeness (QED) is 0.609. The zero-order valence-electron chi connectivity index (χ0n) is 14.9. The molecule has 2 unspecified atom stereocenters. The van der Waals surface area contributed by atoms with Gasteiger partial charge in [0, 0.05) is 19.6 Å². The minimum absolute atomic E-state index is 0.128. The number of carbonyl (C=O) groups is 1. The fraction of sp³-hybridized carbons (Fsp3) is 0.350. The van der Waals surface area contributed by atoms with Crippen LogP contribution in [0, 0.1) is 11.8 Å². The maximum absolute atomic E-state index is 12.8. The third kappa shape index (κ3) is 3.57. The zero-order valence-corrected chi connectivity index (χ0v) is 14.9. The van der Waals surface area contributed by atoms with Gasteiger partial charge in [-0.2, -0.15) is 13.2 Å². The van der Waals surface area contributed by atoms with Crippen molar-refractivity contribution >= 4 is 5.91 Å². The van der Waals surface area contributed by atoms with Gasteiger partial charge in [0.1, 0.15) is 5.60 Å². The summed E-state index contributed by atoms with van der Waals surface area (Å²) in [6.07, 6.45) is 4.88. The molecule has 1 N–H and O–H groups in total. The van der Waals surface area contributed by atoms with Crippen LogP contribution in [0.1, 0.15) is 11.1 Å². The van der Waals surface area contributed by atoms with Crippen molar-refractivity contribution in [2.24, 2.45) is 11.8 Å². The highest BCUT2D eigenvalue weighted by atomic mass is 19.4. The number of nitrogens with one attached hydrogen (secondary N) is 1. The first-order valence-electron chi connectivity index (χ1n) is 8.56. The maximum Gasteiger partial charge on any atom is 0.416 e. The van der Waals surface area contributed by atoms with Crippen LogP contribution in [0.15, 0.2) is 61.2 Å². The number of alkyl halides is 3. The lowest BCUT2D eigenvalue weighted by Gasteiger charge is -2.50. The molecule has 1 saturated heterocycles. The van der Waals surface area contributed by atoms with Crippen LogP contribution in [0.2, 0.25) is 0 Å². The molecule has 1 heterocycles. The summed E-state index contributed by atoms with van der Waals surface area (Å²) < 4.78 is 44.1. The van der Waals surface area contributed by atoms with Gasteiger partial charge >= 0.3 is 6.18 Å². The number of benzene rings is 1. The zero-order chi connectivity index (χ0) is 19.7. The minimum Gasteiger partial charge on any atom is -0.372 e. The molecule has 0 spiro atoms. The van der Waals surface area contributed by atoms with Crippen molar-refractivity contribution < 1.29 is 22.7 Å². The second-order valence-corrected chi connectivity index (χ2v) is 6.60. The molecule has 2 aliphatic rings. The highest BCUT2D eigenvalue weighted by Crippen LogP contribution is 2.40. The molecule has 0 bridgehead atoms. The first-order valence-corrected chi connectivity index (χ1v) is 8.56. The van der Waals surface area contributed by atoms with E-state index in [1.54, 1.807) is 19.3 Å². The van der Waals surface area contributed by atoms with E-state index in [-0.39, 0.29) is 24.3 Å². The summed E-state index contributed by atoms with van der Waals surface area (Å²) in [5.74, 6) is -0.677. The molecule has 1 fully saturated rings. The van der Waals surface area contributed by atoms with Gasteiger partial charge in [0.25, 0.3) is 0 Å². The number of halogens is 3. The summed E-state index contributed by atoms with van der Waals surface area (Å²) in [4.78, 5) is 12.6. The fourth-order valence-electron chi connectivity index (χ4n) is 3.56. The van der Waals surface area contributed by atoms with Gasteiger partial charge in [-0.25, -0.2) is 5.43 Å². The standard InChI is InChI=1S/C20H21F3N2O2/c1-3-15-8-4-5-10-19(15,27-2)17-13-25(18(17)26)24-12-14-7-6-9-16(11-14)20(21,22)23/h3-11,15,17,24H,1,12-13H2,2H3/t15?,17-,19?/m0/s1. The topological polar surface area (TPSA) is 41.6 Å². The average Bonchev–Trinajstić information content (AvgIpc) is 2.66. The van der Waals surface area contributed by atoms with Crippen LogP contribution in [0.4, 0.5) is 13.2 Å². The Bertz CT molecular complexity index is 788. The largest absolute Gasteiger partial charge is 0.416 e. The molecule has 4 nitrogen and oxygen atoms in total. The number of hydrogen-bond acceptors (Lipinski definition) is 3. The van der Waals surface area contributed by atoms with Crippen LogP contribution >= 0.6 is 0 Å². The molecule has 7 heteroatoms. The Morgan fingerprint density at radius 2 is 2.19 bits per heavy atom. The number of ether oxygens (including phenoxy) is 1. The summed E-state index contributed by atoms with van der Waals surface area (Å²) in [5, 5.41) is 1.41. The average molecular weight is 378 g/mol. The van der Waals surface area contributed by atoms with Crippen molar-refractivity contribution in [1.82, 2.24) is 10.4 Å². The fourth-order valence-corrected chi connectivity index (χ4v) is 3.56. The Morgan fingerprint density at radius 3 is 2.81 bits per heavy atom. The van der Waals surface area contributed by atoms with Crippen molar-refractivity contribution in [3.8, 4) is 0 Å². The van der Waals surface area contributed by atoms with Gasteiger partial charge in [0.05, 0.1) is 18.0 Å². The summed E-state index contributed by atoms with van der Waals surface area (Å²) in [5.41, 5.74) is 1.85. The lowest BCUT2D eigenvalue weighted by molar-refractivity contribution is -0.172. The Balaban J connectivity index is 1.64. The SMILES string of the molecule is C=CC1C=CC=CC1(OC)[C@H]1CN(NCc2cccc(C(F)(F)F)c2)C1=O. The second kappa shape index (κ2) is 7.32. The number of allylic oxidation sites excluding steroid dienone is 2. The van der Waals surface area contributed by atoms with Crippen molar-refractivity contribution in [1.29, 1.82) is 0 Å². The normalized spacial score (nSPS) is 27.6. The van der Waals surface area contributed by atoms with Gasteiger partial charge in [0.2, 0.25) is 5.91 Å². The molecular formula is C20H21F3N2O2. The van der Waals surface area contributed by atoms with Crippen molar-refractivity contribution in [3.05, 3.63) is 72.4 Å². The highest BCUT2D eigenvalue weighted by Gasteiger charge is 2.54. The number of nitrogens with zero attached hydrogens (tertiary/aromatic N) is 1. The van der Waals surface area contributed by atoms with Crippen LogP contribution in [0.25, 0.3) is 0 Å².